The SMILES string of the molecule is CC(C)P(C1=[C-]CC=C1)C(C)C.[Fe]. The van der Waals surface area contributed by atoms with Gasteiger partial charge in [-0.2, -0.15) is 11.4 Å². The van der Waals surface area contributed by atoms with Crippen LogP contribution < -0.4 is 0 Å². The molecule has 0 heterocycles. The van der Waals surface area contributed by atoms with Crippen LogP contribution in [0.5, 0.6) is 0 Å². The zero-order valence-electron chi connectivity index (χ0n) is 8.82. The van der Waals surface area contributed by atoms with Gasteiger partial charge in [0.1, 0.15) is 0 Å². The first-order valence-corrected chi connectivity index (χ1v) is 6.16. The Hall–Kier alpha value is 0.429. The van der Waals surface area contributed by atoms with Crippen molar-refractivity contribution in [3.8, 4) is 0 Å². The first-order valence-electron chi connectivity index (χ1n) is 4.68. The quantitative estimate of drug-likeness (QED) is 0.396. The molecular formula is C11H18FeP-. The molecule has 0 aromatic carbocycles. The van der Waals surface area contributed by atoms with E-state index in [1.807, 2.05) is 0 Å². The Morgan fingerprint density at radius 3 is 2.08 bits per heavy atom. The summed E-state index contributed by atoms with van der Waals surface area (Å²) in [7, 11) is 0.0390. The van der Waals surface area contributed by atoms with Crippen molar-refractivity contribution in [2.45, 2.75) is 45.4 Å². The summed E-state index contributed by atoms with van der Waals surface area (Å²) in [6.45, 7) is 9.30. The molecule has 0 unspecified atom stereocenters. The van der Waals surface area contributed by atoms with Crippen LogP contribution in [0.15, 0.2) is 17.5 Å². The second-order valence-corrected chi connectivity index (χ2v) is 7.13. The maximum atomic E-state index is 3.45. The van der Waals surface area contributed by atoms with Crippen molar-refractivity contribution < 1.29 is 17.1 Å². The Bertz CT molecular complexity index is 196. The predicted molar refractivity (Wildman–Crippen MR) is 57.7 cm³/mol. The van der Waals surface area contributed by atoms with Gasteiger partial charge in [0.15, 0.2) is 0 Å². The molecule has 1 aliphatic rings. The molecule has 13 heavy (non-hydrogen) atoms. The number of rotatable bonds is 3. The van der Waals surface area contributed by atoms with Gasteiger partial charge >= 0.3 is 0 Å². The van der Waals surface area contributed by atoms with Crippen LogP contribution in [0.3, 0.4) is 0 Å². The van der Waals surface area contributed by atoms with E-state index >= 15 is 0 Å². The molecule has 0 radical (unpaired) electrons. The second-order valence-electron chi connectivity index (χ2n) is 3.76. The monoisotopic (exact) mass is 237 g/mol. The molecule has 0 atom stereocenters. The molecule has 0 N–H and O–H groups in total. The van der Waals surface area contributed by atoms with Gasteiger partial charge in [-0.1, -0.05) is 27.7 Å². The van der Waals surface area contributed by atoms with Crippen LogP contribution >= 0.6 is 7.92 Å². The molecule has 0 amide bonds. The van der Waals surface area contributed by atoms with Crippen LogP contribution in [0.4, 0.5) is 0 Å². The summed E-state index contributed by atoms with van der Waals surface area (Å²) >= 11 is 0. The Balaban J connectivity index is 0.00000144. The van der Waals surface area contributed by atoms with Crippen LogP contribution in [0.2, 0.25) is 0 Å². The average Bonchev–Trinajstić information content (AvgIpc) is 2.37. The second kappa shape index (κ2) is 6.02. The van der Waals surface area contributed by atoms with E-state index in [2.05, 4.69) is 45.9 Å². The van der Waals surface area contributed by atoms with Crippen molar-refractivity contribution in [2.24, 2.45) is 0 Å². The van der Waals surface area contributed by atoms with Crippen molar-refractivity contribution in [3.63, 3.8) is 0 Å². The Morgan fingerprint density at radius 2 is 1.77 bits per heavy atom. The van der Waals surface area contributed by atoms with Crippen molar-refractivity contribution in [2.75, 3.05) is 0 Å². The molecule has 0 saturated heterocycles. The van der Waals surface area contributed by atoms with Crippen LogP contribution in [0, 0.1) is 6.08 Å². The summed E-state index contributed by atoms with van der Waals surface area (Å²) in [5.41, 5.74) is 1.59. The van der Waals surface area contributed by atoms with Crippen molar-refractivity contribution in [1.82, 2.24) is 0 Å². The van der Waals surface area contributed by atoms with E-state index in [1.54, 1.807) is 0 Å². The minimum atomic E-state index is 0. The smallest absolute Gasteiger partial charge is 0 e. The van der Waals surface area contributed by atoms with Gasteiger partial charge in [0.05, 0.1) is 0 Å². The number of allylic oxidation sites excluding steroid dienone is 4. The molecular weight excluding hydrogens is 219 g/mol. The van der Waals surface area contributed by atoms with E-state index in [4.69, 9.17) is 0 Å². The minimum absolute atomic E-state index is 0. The van der Waals surface area contributed by atoms with E-state index in [-0.39, 0.29) is 25.0 Å². The summed E-state index contributed by atoms with van der Waals surface area (Å²) in [5.74, 6) is 0. The van der Waals surface area contributed by atoms with Gasteiger partial charge in [0, 0.05) is 17.1 Å². The number of hydrogen-bond acceptors (Lipinski definition) is 0. The normalized spacial score (nSPS) is 15.5. The first-order chi connectivity index (χ1) is 5.63. The third-order valence-electron chi connectivity index (χ3n) is 2.07. The molecule has 0 saturated carbocycles. The maximum Gasteiger partial charge on any atom is 0 e. The Kier molecular flexibility index (Phi) is 6.21. The van der Waals surface area contributed by atoms with Crippen LogP contribution in [0.25, 0.3) is 0 Å². The third kappa shape index (κ3) is 3.58. The molecule has 0 fully saturated rings. The summed E-state index contributed by atoms with van der Waals surface area (Å²) in [4.78, 5) is 0. The summed E-state index contributed by atoms with van der Waals surface area (Å²) in [6, 6.07) is 0. The average molecular weight is 237 g/mol. The number of hydrogen-bond donors (Lipinski definition) is 0. The van der Waals surface area contributed by atoms with Gasteiger partial charge in [-0.3, -0.25) is 6.08 Å². The van der Waals surface area contributed by atoms with Crippen LogP contribution in [0.1, 0.15) is 34.1 Å². The van der Waals surface area contributed by atoms with Gasteiger partial charge in [0.25, 0.3) is 0 Å². The molecule has 2 heteroatoms. The van der Waals surface area contributed by atoms with Gasteiger partial charge in [-0.15, -0.1) is 14.3 Å². The van der Waals surface area contributed by atoms with Gasteiger partial charge in [-0.05, 0) is 11.3 Å². The van der Waals surface area contributed by atoms with Crippen LogP contribution in [-0.2, 0) is 17.1 Å². The summed E-state index contributed by atoms with van der Waals surface area (Å²) < 4.78 is 0. The van der Waals surface area contributed by atoms with Crippen molar-refractivity contribution >= 4 is 7.92 Å². The molecule has 0 aromatic heterocycles. The van der Waals surface area contributed by atoms with E-state index < -0.39 is 0 Å². The largest absolute Gasteiger partial charge is 0.265 e. The molecule has 76 valence electrons. The first kappa shape index (κ1) is 13.4. The van der Waals surface area contributed by atoms with Gasteiger partial charge < -0.3 is 0 Å². The predicted octanol–water partition coefficient (Wildman–Crippen LogP) is 3.93. The molecule has 1 rings (SSSR count). The molecule has 0 nitrogen and oxygen atoms in total. The van der Waals surface area contributed by atoms with Gasteiger partial charge in [0.2, 0.25) is 0 Å². The zero-order valence-corrected chi connectivity index (χ0v) is 10.8. The van der Waals surface area contributed by atoms with Crippen molar-refractivity contribution in [3.05, 3.63) is 23.5 Å². The maximum absolute atomic E-state index is 3.45. The molecule has 0 bridgehead atoms. The van der Waals surface area contributed by atoms with E-state index in [0.717, 1.165) is 17.7 Å². The molecule has 0 aromatic rings. The summed E-state index contributed by atoms with van der Waals surface area (Å²) in [6.07, 6.45) is 8.98. The fourth-order valence-electron chi connectivity index (χ4n) is 1.72. The van der Waals surface area contributed by atoms with E-state index in [1.165, 1.54) is 5.31 Å². The molecule has 1 aliphatic carbocycles. The van der Waals surface area contributed by atoms with E-state index in [0.29, 0.717) is 0 Å². The van der Waals surface area contributed by atoms with Crippen LogP contribution in [-0.4, -0.2) is 11.3 Å². The third-order valence-corrected chi connectivity index (χ3v) is 5.16. The minimum Gasteiger partial charge on any atom is -0.265 e. The van der Waals surface area contributed by atoms with Gasteiger partial charge in [-0.25, -0.2) is 6.08 Å². The Morgan fingerprint density at radius 1 is 1.23 bits per heavy atom. The molecule has 0 spiro atoms. The topological polar surface area (TPSA) is 0 Å². The standard InChI is InChI=1S/C11H18P.Fe/c1-9(2)12(10(3)4)11-7-5-6-8-11;/h5,7,9-10H,6H2,1-4H3;/q-1;. The molecule has 0 aliphatic heterocycles. The fourth-order valence-corrected chi connectivity index (χ4v) is 4.58. The van der Waals surface area contributed by atoms with E-state index in [9.17, 15) is 0 Å². The Labute approximate surface area is 94.1 Å². The summed E-state index contributed by atoms with van der Waals surface area (Å²) in [5, 5.41) is 1.50. The fraction of sp³-hybridized carbons (Fsp3) is 0.636. The zero-order chi connectivity index (χ0) is 9.14. The van der Waals surface area contributed by atoms with Crippen molar-refractivity contribution in [1.29, 1.82) is 0 Å².